The minimum absolute atomic E-state index is 0.184. The molecule has 0 atom stereocenters. The molecule has 41 heavy (non-hydrogen) atoms. The number of benzene rings is 2. The lowest BCUT2D eigenvalue weighted by molar-refractivity contribution is -0.145. The second-order valence-corrected chi connectivity index (χ2v) is 9.91. The number of anilines is 3. The van der Waals surface area contributed by atoms with Crippen LogP contribution in [0.5, 0.6) is 5.75 Å². The number of hydrazine groups is 3. The summed E-state index contributed by atoms with van der Waals surface area (Å²) in [7, 11) is 0. The first-order chi connectivity index (χ1) is 19.7. The van der Waals surface area contributed by atoms with Crippen molar-refractivity contribution < 1.29 is 17.9 Å². The van der Waals surface area contributed by atoms with Crippen LogP contribution in [0.4, 0.5) is 30.4 Å². The van der Waals surface area contributed by atoms with Crippen LogP contribution < -0.4 is 32.4 Å². The quantitative estimate of drug-likeness (QED) is 0.0889. The standard InChI is InChI=1S/C29H37F3N8O/c1-2-3-4-5-6-7-8-9-18-41-24-15-16-26-25(19-24)37-28(29(30,31)32)38(26)23-14-17-27(36-20-23)39(33)21-10-12-22(13-11-21)40(34)35/h10-17,19-20H,2-9,18,33-35H2,1H3. The Labute approximate surface area is 237 Å². The van der Waals surface area contributed by atoms with Crippen molar-refractivity contribution in [1.29, 1.82) is 0 Å². The Balaban J connectivity index is 1.47. The maximum Gasteiger partial charge on any atom is 0.450 e. The Morgan fingerprint density at radius 2 is 1.49 bits per heavy atom. The molecule has 2 aromatic heterocycles. The van der Waals surface area contributed by atoms with Crippen LogP contribution in [-0.2, 0) is 6.18 Å². The summed E-state index contributed by atoms with van der Waals surface area (Å²) in [6.45, 7) is 2.71. The zero-order chi connectivity index (χ0) is 29.4. The maximum absolute atomic E-state index is 14.0. The molecule has 2 heterocycles. The van der Waals surface area contributed by atoms with E-state index in [9.17, 15) is 13.2 Å². The molecule has 0 radical (unpaired) electrons. The van der Waals surface area contributed by atoms with E-state index < -0.39 is 12.0 Å². The predicted octanol–water partition coefficient (Wildman–Crippen LogP) is 6.52. The highest BCUT2D eigenvalue weighted by Gasteiger charge is 2.38. The molecule has 6 N–H and O–H groups in total. The Morgan fingerprint density at radius 3 is 2.10 bits per heavy atom. The molecular formula is C29H37F3N8O. The van der Waals surface area contributed by atoms with Crippen LogP contribution in [0.1, 0.15) is 64.1 Å². The number of nitrogens with two attached hydrogens (primary N) is 3. The molecule has 4 aromatic rings. The van der Waals surface area contributed by atoms with Crippen molar-refractivity contribution in [3.63, 3.8) is 0 Å². The fourth-order valence-electron chi connectivity index (χ4n) is 4.60. The summed E-state index contributed by atoms with van der Waals surface area (Å²) in [5, 5.41) is 2.27. The van der Waals surface area contributed by atoms with Gasteiger partial charge in [-0.2, -0.15) is 13.2 Å². The molecule has 0 fully saturated rings. The summed E-state index contributed by atoms with van der Waals surface area (Å²) in [5.41, 5.74) is 1.82. The molecule has 0 amide bonds. The molecule has 0 unspecified atom stereocenters. The minimum atomic E-state index is -4.68. The molecule has 0 aliphatic heterocycles. The van der Waals surface area contributed by atoms with E-state index in [0.717, 1.165) is 28.9 Å². The highest BCUT2D eigenvalue weighted by atomic mass is 19.4. The Morgan fingerprint density at radius 1 is 0.829 bits per heavy atom. The summed E-state index contributed by atoms with van der Waals surface area (Å²) >= 11 is 0. The van der Waals surface area contributed by atoms with Gasteiger partial charge >= 0.3 is 6.18 Å². The fourth-order valence-corrected chi connectivity index (χ4v) is 4.60. The van der Waals surface area contributed by atoms with Crippen molar-refractivity contribution in [2.45, 2.75) is 64.5 Å². The molecule has 2 aromatic carbocycles. The molecule has 4 rings (SSSR count). The van der Waals surface area contributed by atoms with Gasteiger partial charge in [0.05, 0.1) is 40.9 Å². The van der Waals surface area contributed by atoms with Crippen LogP contribution in [0, 0.1) is 0 Å². The largest absolute Gasteiger partial charge is 0.494 e. The first kappa shape index (κ1) is 30.1. The summed E-state index contributed by atoms with van der Waals surface area (Å²) < 4.78 is 48.9. The number of hydrogen-bond acceptors (Lipinski definition) is 8. The van der Waals surface area contributed by atoms with Crippen molar-refractivity contribution in [1.82, 2.24) is 14.5 Å². The lowest BCUT2D eigenvalue weighted by Crippen LogP contribution is -2.37. The number of alkyl halides is 3. The molecular weight excluding hydrogens is 533 g/mol. The summed E-state index contributed by atoms with van der Waals surface area (Å²) in [6, 6.07) is 14.6. The minimum Gasteiger partial charge on any atom is -0.494 e. The molecule has 0 aliphatic carbocycles. The predicted molar refractivity (Wildman–Crippen MR) is 156 cm³/mol. The van der Waals surface area contributed by atoms with Crippen molar-refractivity contribution in [2.24, 2.45) is 17.5 Å². The van der Waals surface area contributed by atoms with Gasteiger partial charge in [0.2, 0.25) is 5.82 Å². The number of ether oxygens (including phenoxy) is 1. The van der Waals surface area contributed by atoms with Crippen LogP contribution in [-0.4, -0.2) is 21.1 Å². The Hall–Kier alpha value is -3.87. The van der Waals surface area contributed by atoms with Gasteiger partial charge in [-0.15, -0.1) is 0 Å². The normalized spacial score (nSPS) is 11.7. The lowest BCUT2D eigenvalue weighted by Gasteiger charge is -2.19. The van der Waals surface area contributed by atoms with Gasteiger partial charge in [0, 0.05) is 6.07 Å². The zero-order valence-electron chi connectivity index (χ0n) is 23.1. The van der Waals surface area contributed by atoms with E-state index in [-0.39, 0.29) is 11.2 Å². The number of fused-ring (bicyclic) bond motifs is 1. The molecule has 0 spiro atoms. The number of nitrogens with zero attached hydrogens (tertiary/aromatic N) is 5. The summed E-state index contributed by atoms with van der Waals surface area (Å²) in [6.07, 6.45) is 6.04. The third-order valence-corrected chi connectivity index (χ3v) is 6.81. The van der Waals surface area contributed by atoms with E-state index in [1.807, 2.05) is 0 Å². The van der Waals surface area contributed by atoms with Gasteiger partial charge < -0.3 is 4.74 Å². The number of aromatic nitrogens is 3. The van der Waals surface area contributed by atoms with E-state index >= 15 is 0 Å². The van der Waals surface area contributed by atoms with E-state index in [2.05, 4.69) is 16.9 Å². The Kier molecular flexibility index (Phi) is 10.0. The molecule has 220 valence electrons. The topological polar surface area (TPSA) is 124 Å². The molecule has 9 nitrogen and oxygen atoms in total. The van der Waals surface area contributed by atoms with Gasteiger partial charge in [0.15, 0.2) is 0 Å². The van der Waals surface area contributed by atoms with Gasteiger partial charge in [-0.25, -0.2) is 32.6 Å². The number of rotatable bonds is 14. The van der Waals surface area contributed by atoms with E-state index in [1.165, 1.54) is 55.4 Å². The van der Waals surface area contributed by atoms with Gasteiger partial charge in [0.1, 0.15) is 11.6 Å². The molecule has 12 heteroatoms. The maximum atomic E-state index is 14.0. The van der Waals surface area contributed by atoms with Crippen LogP contribution in [0.2, 0.25) is 0 Å². The first-order valence-corrected chi connectivity index (χ1v) is 13.8. The highest BCUT2D eigenvalue weighted by molar-refractivity contribution is 5.80. The average molecular weight is 571 g/mol. The average Bonchev–Trinajstić information content (AvgIpc) is 3.36. The van der Waals surface area contributed by atoms with Crippen molar-refractivity contribution in [2.75, 3.05) is 16.7 Å². The van der Waals surface area contributed by atoms with Crippen molar-refractivity contribution in [3.05, 3.63) is 66.6 Å². The second-order valence-electron chi connectivity index (χ2n) is 9.91. The monoisotopic (exact) mass is 570 g/mol. The number of pyridine rings is 1. The van der Waals surface area contributed by atoms with E-state index in [1.54, 1.807) is 42.5 Å². The number of halogens is 3. The molecule has 0 saturated carbocycles. The lowest BCUT2D eigenvalue weighted by atomic mass is 10.1. The van der Waals surface area contributed by atoms with Gasteiger partial charge in [-0.05, 0) is 55.0 Å². The zero-order valence-corrected chi connectivity index (χ0v) is 23.1. The van der Waals surface area contributed by atoms with Gasteiger partial charge in [-0.3, -0.25) is 9.58 Å². The third kappa shape index (κ3) is 7.66. The molecule has 0 bridgehead atoms. The van der Waals surface area contributed by atoms with Crippen LogP contribution in [0.3, 0.4) is 0 Å². The first-order valence-electron chi connectivity index (χ1n) is 13.8. The number of unbranched alkanes of at least 4 members (excludes halogenated alkanes) is 7. The number of hydrogen-bond donors (Lipinski definition) is 3. The van der Waals surface area contributed by atoms with Crippen LogP contribution >= 0.6 is 0 Å². The van der Waals surface area contributed by atoms with Gasteiger partial charge in [-0.1, -0.05) is 51.9 Å². The van der Waals surface area contributed by atoms with Crippen molar-refractivity contribution >= 4 is 28.2 Å². The molecule has 0 saturated heterocycles. The molecule has 0 aliphatic rings. The third-order valence-electron chi connectivity index (χ3n) is 6.81. The van der Waals surface area contributed by atoms with Crippen molar-refractivity contribution in [3.8, 4) is 11.4 Å². The SMILES string of the molecule is CCCCCCCCCCOc1ccc2c(c1)nc(C(F)(F)F)n2-c1ccc(N(N)c2ccc(N(N)N)cc2)nc1. The van der Waals surface area contributed by atoms with Crippen LogP contribution in [0.15, 0.2) is 60.8 Å². The fraction of sp³-hybridized carbons (Fsp3) is 0.379. The van der Waals surface area contributed by atoms with E-state index in [0.29, 0.717) is 35.1 Å². The number of imidazole rings is 1. The summed E-state index contributed by atoms with van der Waals surface area (Å²) in [5.74, 6) is 17.0. The Bertz CT molecular complexity index is 1390. The van der Waals surface area contributed by atoms with Gasteiger partial charge in [0.25, 0.3) is 0 Å². The smallest absolute Gasteiger partial charge is 0.450 e. The summed E-state index contributed by atoms with van der Waals surface area (Å²) in [4.78, 5) is 8.21. The van der Waals surface area contributed by atoms with Crippen LogP contribution in [0.25, 0.3) is 16.7 Å². The van der Waals surface area contributed by atoms with E-state index in [4.69, 9.17) is 22.3 Å². The highest BCUT2D eigenvalue weighted by Crippen LogP contribution is 2.35. The second kappa shape index (κ2) is 13.7.